The Balaban J connectivity index is 0.000000202. The molecule has 2 rings (SSSR count). The van der Waals surface area contributed by atoms with Crippen molar-refractivity contribution < 1.29 is 0 Å². The van der Waals surface area contributed by atoms with Crippen LogP contribution in [0.15, 0.2) is 41.5 Å². The van der Waals surface area contributed by atoms with E-state index >= 15 is 0 Å². The first-order valence-electron chi connectivity index (χ1n) is 6.31. The Kier molecular flexibility index (Phi) is 7.07. The summed E-state index contributed by atoms with van der Waals surface area (Å²) in [4.78, 5) is 2.45. The molecule has 1 fully saturated rings. The lowest BCUT2D eigenvalue weighted by atomic mass is 10.1. The molecule has 0 radical (unpaired) electrons. The zero-order chi connectivity index (χ0) is 12.3. The molecular formula is C14H23N3. The lowest BCUT2D eigenvalue weighted by molar-refractivity contribution is 0.289. The summed E-state index contributed by atoms with van der Waals surface area (Å²) in [6.45, 7) is 5.74. The van der Waals surface area contributed by atoms with Crippen molar-refractivity contribution in [2.75, 3.05) is 26.7 Å². The maximum absolute atomic E-state index is 4.19. The number of hydrazone groups is 1. The van der Waals surface area contributed by atoms with Crippen molar-refractivity contribution in [3.05, 3.63) is 36.4 Å². The molecule has 0 aliphatic carbocycles. The topological polar surface area (TPSA) is 27.6 Å². The standard InChI is InChI=1S/C8H17N3.C6H6/c1-3-11-6-4-8(5-7-11)10-9-2;1-2-4-6-5-3-1/h9H,3-7H2,1-2H3;1-6H. The van der Waals surface area contributed by atoms with E-state index in [4.69, 9.17) is 0 Å². The summed E-state index contributed by atoms with van der Waals surface area (Å²) in [5.41, 5.74) is 4.16. The second-order valence-corrected chi connectivity index (χ2v) is 3.99. The second-order valence-electron chi connectivity index (χ2n) is 3.99. The van der Waals surface area contributed by atoms with Gasteiger partial charge in [-0.2, -0.15) is 5.10 Å². The zero-order valence-electron chi connectivity index (χ0n) is 10.9. The molecule has 0 bridgehead atoms. The minimum Gasteiger partial charge on any atom is -0.313 e. The molecule has 0 saturated carbocycles. The van der Waals surface area contributed by atoms with Crippen LogP contribution < -0.4 is 5.43 Å². The molecule has 0 unspecified atom stereocenters. The Bertz CT molecular complexity index is 272. The van der Waals surface area contributed by atoms with Crippen molar-refractivity contribution in [2.24, 2.45) is 5.10 Å². The highest BCUT2D eigenvalue weighted by Gasteiger charge is 2.12. The van der Waals surface area contributed by atoms with Crippen molar-refractivity contribution in [3.8, 4) is 0 Å². The Morgan fingerprint density at radius 1 is 1.06 bits per heavy atom. The Labute approximate surface area is 105 Å². The van der Waals surface area contributed by atoms with Crippen LogP contribution in [-0.4, -0.2) is 37.3 Å². The molecule has 1 aliphatic rings. The number of benzene rings is 1. The lowest BCUT2D eigenvalue weighted by Crippen LogP contribution is -2.34. The predicted octanol–water partition coefficient (Wildman–Crippen LogP) is 2.36. The van der Waals surface area contributed by atoms with Gasteiger partial charge in [0, 0.05) is 38.7 Å². The van der Waals surface area contributed by atoms with Crippen LogP contribution in [0.5, 0.6) is 0 Å². The van der Waals surface area contributed by atoms with E-state index in [2.05, 4.69) is 22.4 Å². The highest BCUT2D eigenvalue weighted by Crippen LogP contribution is 2.05. The minimum absolute atomic E-state index is 1.13. The third kappa shape index (κ3) is 6.07. The van der Waals surface area contributed by atoms with E-state index in [-0.39, 0.29) is 0 Å². The molecule has 0 amide bonds. The van der Waals surface area contributed by atoms with E-state index in [1.54, 1.807) is 0 Å². The number of rotatable bonds is 2. The molecule has 94 valence electrons. The SMILES string of the molecule is CCN1CCC(=NNC)CC1.c1ccccc1. The summed E-state index contributed by atoms with van der Waals surface area (Å²) >= 11 is 0. The van der Waals surface area contributed by atoms with E-state index in [9.17, 15) is 0 Å². The molecule has 1 N–H and O–H groups in total. The second kappa shape index (κ2) is 8.76. The summed E-state index contributed by atoms with van der Waals surface area (Å²) in [7, 11) is 1.86. The predicted molar refractivity (Wildman–Crippen MR) is 74.3 cm³/mol. The van der Waals surface area contributed by atoms with Gasteiger partial charge >= 0.3 is 0 Å². The van der Waals surface area contributed by atoms with Gasteiger partial charge in [0.1, 0.15) is 0 Å². The minimum atomic E-state index is 1.13. The van der Waals surface area contributed by atoms with E-state index in [0.29, 0.717) is 0 Å². The number of hydrogen-bond acceptors (Lipinski definition) is 3. The summed E-state index contributed by atoms with van der Waals surface area (Å²) in [5, 5.41) is 4.19. The fourth-order valence-electron chi connectivity index (χ4n) is 1.78. The molecule has 1 aliphatic heterocycles. The monoisotopic (exact) mass is 233 g/mol. The van der Waals surface area contributed by atoms with Gasteiger partial charge in [-0.25, -0.2) is 0 Å². The molecule has 0 atom stereocenters. The average Bonchev–Trinajstić information content (AvgIpc) is 2.43. The molecule has 3 heteroatoms. The molecule has 0 aromatic heterocycles. The number of nitrogens with zero attached hydrogens (tertiary/aromatic N) is 2. The van der Waals surface area contributed by atoms with Gasteiger partial charge in [-0.3, -0.25) is 0 Å². The van der Waals surface area contributed by atoms with Gasteiger partial charge in [-0.05, 0) is 6.54 Å². The summed E-state index contributed by atoms with van der Waals surface area (Å²) in [5.74, 6) is 0. The van der Waals surface area contributed by atoms with Crippen molar-refractivity contribution in [1.29, 1.82) is 0 Å². The fourth-order valence-corrected chi connectivity index (χ4v) is 1.78. The summed E-state index contributed by atoms with van der Waals surface area (Å²) in [6, 6.07) is 12.0. The largest absolute Gasteiger partial charge is 0.313 e. The number of likely N-dealkylation sites (tertiary alicyclic amines) is 1. The fraction of sp³-hybridized carbons (Fsp3) is 0.500. The van der Waals surface area contributed by atoms with Crippen LogP contribution in [0.1, 0.15) is 19.8 Å². The quantitative estimate of drug-likeness (QED) is 0.794. The summed E-state index contributed by atoms with van der Waals surface area (Å²) in [6.07, 6.45) is 2.27. The van der Waals surface area contributed by atoms with Gasteiger partial charge in [0.05, 0.1) is 0 Å². The van der Waals surface area contributed by atoms with E-state index < -0.39 is 0 Å². The van der Waals surface area contributed by atoms with E-state index in [0.717, 1.165) is 12.8 Å². The van der Waals surface area contributed by atoms with Crippen molar-refractivity contribution in [1.82, 2.24) is 10.3 Å². The van der Waals surface area contributed by atoms with Crippen molar-refractivity contribution in [3.63, 3.8) is 0 Å². The van der Waals surface area contributed by atoms with Gasteiger partial charge in [0.15, 0.2) is 0 Å². The van der Waals surface area contributed by atoms with Crippen LogP contribution >= 0.6 is 0 Å². The third-order valence-corrected chi connectivity index (χ3v) is 2.82. The molecule has 1 aromatic rings. The first-order chi connectivity index (χ1) is 8.36. The number of nitrogens with one attached hydrogen (secondary N) is 1. The maximum Gasteiger partial charge on any atom is 0.0403 e. The summed E-state index contributed by atoms with van der Waals surface area (Å²) < 4.78 is 0. The van der Waals surface area contributed by atoms with Gasteiger partial charge in [-0.15, -0.1) is 0 Å². The Hall–Kier alpha value is -1.35. The molecule has 1 heterocycles. The molecule has 17 heavy (non-hydrogen) atoms. The first kappa shape index (κ1) is 13.7. The van der Waals surface area contributed by atoms with Crippen molar-refractivity contribution >= 4 is 5.71 Å². The third-order valence-electron chi connectivity index (χ3n) is 2.82. The zero-order valence-corrected chi connectivity index (χ0v) is 10.9. The van der Waals surface area contributed by atoms with Gasteiger partial charge in [0.2, 0.25) is 0 Å². The van der Waals surface area contributed by atoms with Crippen LogP contribution in [0.2, 0.25) is 0 Å². The van der Waals surface area contributed by atoms with Gasteiger partial charge in [0.25, 0.3) is 0 Å². The van der Waals surface area contributed by atoms with Gasteiger partial charge < -0.3 is 10.3 Å². The van der Waals surface area contributed by atoms with Crippen molar-refractivity contribution in [2.45, 2.75) is 19.8 Å². The van der Waals surface area contributed by atoms with E-state index in [1.807, 2.05) is 43.4 Å². The number of piperidine rings is 1. The Morgan fingerprint density at radius 2 is 1.53 bits per heavy atom. The van der Waals surface area contributed by atoms with Crippen LogP contribution in [0.4, 0.5) is 0 Å². The molecular weight excluding hydrogens is 210 g/mol. The maximum atomic E-state index is 4.19. The van der Waals surface area contributed by atoms with Crippen LogP contribution in [0, 0.1) is 0 Å². The molecule has 0 spiro atoms. The van der Waals surface area contributed by atoms with Crippen LogP contribution in [0.3, 0.4) is 0 Å². The highest BCUT2D eigenvalue weighted by molar-refractivity contribution is 5.85. The lowest BCUT2D eigenvalue weighted by Gasteiger charge is -2.25. The average molecular weight is 233 g/mol. The van der Waals surface area contributed by atoms with Gasteiger partial charge in [-0.1, -0.05) is 43.3 Å². The molecule has 1 aromatic carbocycles. The van der Waals surface area contributed by atoms with Crippen LogP contribution in [0.25, 0.3) is 0 Å². The Morgan fingerprint density at radius 3 is 1.88 bits per heavy atom. The molecule has 1 saturated heterocycles. The molecule has 3 nitrogen and oxygen atoms in total. The van der Waals surface area contributed by atoms with E-state index in [1.165, 1.54) is 25.3 Å². The van der Waals surface area contributed by atoms with Crippen LogP contribution in [-0.2, 0) is 0 Å². The smallest absolute Gasteiger partial charge is 0.0403 e. The number of hydrogen-bond donors (Lipinski definition) is 1. The highest BCUT2D eigenvalue weighted by atomic mass is 15.3. The normalized spacial score (nSPS) is 15.8. The first-order valence-corrected chi connectivity index (χ1v) is 6.31.